The van der Waals surface area contributed by atoms with Gasteiger partial charge in [-0.2, -0.15) is 0 Å². The summed E-state index contributed by atoms with van der Waals surface area (Å²) in [4.78, 5) is 12.6. The summed E-state index contributed by atoms with van der Waals surface area (Å²) < 4.78 is 14.9. The van der Waals surface area contributed by atoms with E-state index in [4.69, 9.17) is 0 Å². The summed E-state index contributed by atoms with van der Waals surface area (Å²) in [6.07, 6.45) is 0. The average molecular weight is 399 g/mol. The first-order valence-corrected chi connectivity index (χ1v) is 10.1. The molecule has 0 saturated heterocycles. The SMILES string of the molecule is CC(C)[C@@H](NC(=O)c1ccccc1)c1nnc(SCc2ccc(F)cc2)n1C. The summed E-state index contributed by atoms with van der Waals surface area (Å²) in [7, 11) is 1.90. The normalized spacial score (nSPS) is 12.2. The van der Waals surface area contributed by atoms with Crippen LogP contribution in [0.4, 0.5) is 4.39 Å². The number of halogens is 1. The van der Waals surface area contributed by atoms with Crippen molar-refractivity contribution in [2.24, 2.45) is 13.0 Å². The fourth-order valence-electron chi connectivity index (χ4n) is 2.79. The lowest BCUT2D eigenvalue weighted by Gasteiger charge is -2.21. The molecular weight excluding hydrogens is 375 g/mol. The van der Waals surface area contributed by atoms with Crippen molar-refractivity contribution in [3.63, 3.8) is 0 Å². The average Bonchev–Trinajstić information content (AvgIpc) is 3.06. The lowest BCUT2D eigenvalue weighted by molar-refractivity contribution is 0.0922. The van der Waals surface area contributed by atoms with Crippen molar-refractivity contribution in [1.82, 2.24) is 20.1 Å². The number of amides is 1. The van der Waals surface area contributed by atoms with Crippen LogP contribution >= 0.6 is 11.8 Å². The van der Waals surface area contributed by atoms with Gasteiger partial charge in [-0.1, -0.05) is 55.9 Å². The summed E-state index contributed by atoms with van der Waals surface area (Å²) in [5.74, 6) is 1.13. The molecule has 1 atom stereocenters. The maximum Gasteiger partial charge on any atom is 0.251 e. The Balaban J connectivity index is 1.73. The van der Waals surface area contributed by atoms with Crippen LogP contribution in [0.2, 0.25) is 0 Å². The number of hydrogen-bond donors (Lipinski definition) is 1. The lowest BCUT2D eigenvalue weighted by Crippen LogP contribution is -2.33. The Labute approximate surface area is 168 Å². The standard InChI is InChI=1S/C21H23FN4OS/c1-14(2)18(23-20(27)16-7-5-4-6-8-16)19-24-25-21(26(19)3)28-13-15-9-11-17(22)12-10-15/h4-12,14,18H,13H2,1-3H3,(H,23,27)/t18-/m1/s1. The Morgan fingerprint density at radius 1 is 1.11 bits per heavy atom. The van der Waals surface area contributed by atoms with Crippen molar-refractivity contribution in [3.8, 4) is 0 Å². The van der Waals surface area contributed by atoms with Crippen LogP contribution in [0, 0.1) is 11.7 Å². The van der Waals surface area contributed by atoms with E-state index in [1.165, 1.54) is 23.9 Å². The van der Waals surface area contributed by atoms with E-state index >= 15 is 0 Å². The van der Waals surface area contributed by atoms with Gasteiger partial charge in [0, 0.05) is 18.4 Å². The summed E-state index contributed by atoms with van der Waals surface area (Å²) in [5.41, 5.74) is 1.62. The Morgan fingerprint density at radius 2 is 1.79 bits per heavy atom. The summed E-state index contributed by atoms with van der Waals surface area (Å²) in [6, 6.07) is 15.3. The number of nitrogens with zero attached hydrogens (tertiary/aromatic N) is 3. The highest BCUT2D eigenvalue weighted by Gasteiger charge is 2.25. The molecule has 0 saturated carbocycles. The van der Waals surface area contributed by atoms with Gasteiger partial charge in [-0.05, 0) is 35.7 Å². The molecule has 0 fully saturated rings. The zero-order valence-electron chi connectivity index (χ0n) is 16.1. The third-order valence-electron chi connectivity index (χ3n) is 4.42. The molecule has 0 spiro atoms. The van der Waals surface area contributed by atoms with E-state index < -0.39 is 0 Å². The molecule has 0 aliphatic rings. The molecule has 28 heavy (non-hydrogen) atoms. The largest absolute Gasteiger partial charge is 0.342 e. The van der Waals surface area contributed by atoms with Gasteiger partial charge in [-0.3, -0.25) is 4.79 Å². The summed E-state index contributed by atoms with van der Waals surface area (Å²) in [5, 5.41) is 12.4. The van der Waals surface area contributed by atoms with Crippen LogP contribution < -0.4 is 5.32 Å². The third kappa shape index (κ3) is 4.78. The smallest absolute Gasteiger partial charge is 0.251 e. The number of nitrogens with one attached hydrogen (secondary N) is 1. The molecule has 3 aromatic rings. The van der Waals surface area contributed by atoms with Gasteiger partial charge in [0.25, 0.3) is 5.91 Å². The predicted molar refractivity (Wildman–Crippen MR) is 108 cm³/mol. The molecule has 0 bridgehead atoms. The molecule has 7 heteroatoms. The first-order valence-electron chi connectivity index (χ1n) is 9.08. The molecule has 1 N–H and O–H groups in total. The highest BCUT2D eigenvalue weighted by Crippen LogP contribution is 2.26. The van der Waals surface area contributed by atoms with Gasteiger partial charge >= 0.3 is 0 Å². The van der Waals surface area contributed by atoms with Crippen LogP contribution in [0.5, 0.6) is 0 Å². The van der Waals surface area contributed by atoms with Crippen LogP contribution in [0.1, 0.15) is 41.6 Å². The molecule has 1 heterocycles. The van der Waals surface area contributed by atoms with E-state index in [1.807, 2.05) is 43.7 Å². The maximum absolute atomic E-state index is 13.0. The zero-order valence-corrected chi connectivity index (χ0v) is 16.9. The van der Waals surface area contributed by atoms with Crippen molar-refractivity contribution in [1.29, 1.82) is 0 Å². The van der Waals surface area contributed by atoms with Crippen molar-refractivity contribution in [2.45, 2.75) is 30.8 Å². The van der Waals surface area contributed by atoms with Crippen LogP contribution in [-0.2, 0) is 12.8 Å². The van der Waals surface area contributed by atoms with Crippen LogP contribution in [0.15, 0.2) is 59.8 Å². The van der Waals surface area contributed by atoms with Gasteiger partial charge < -0.3 is 9.88 Å². The van der Waals surface area contributed by atoms with Gasteiger partial charge in [0.1, 0.15) is 5.82 Å². The van der Waals surface area contributed by atoms with Gasteiger partial charge in [-0.15, -0.1) is 10.2 Å². The number of carbonyl (C=O) groups excluding carboxylic acids is 1. The van der Waals surface area contributed by atoms with Gasteiger partial charge in [0.05, 0.1) is 6.04 Å². The molecule has 1 amide bonds. The molecular formula is C21H23FN4OS. The molecule has 2 aromatic carbocycles. The quantitative estimate of drug-likeness (QED) is 0.600. The molecule has 146 valence electrons. The van der Waals surface area contributed by atoms with E-state index in [9.17, 15) is 9.18 Å². The van der Waals surface area contributed by atoms with E-state index in [0.717, 1.165) is 10.7 Å². The number of hydrogen-bond acceptors (Lipinski definition) is 4. The van der Waals surface area contributed by atoms with Crippen LogP contribution in [0.3, 0.4) is 0 Å². The Hall–Kier alpha value is -2.67. The van der Waals surface area contributed by atoms with E-state index in [2.05, 4.69) is 15.5 Å². The number of thioether (sulfide) groups is 1. The van der Waals surface area contributed by atoms with Gasteiger partial charge in [0.15, 0.2) is 11.0 Å². The zero-order chi connectivity index (χ0) is 20.1. The molecule has 0 unspecified atom stereocenters. The number of carbonyl (C=O) groups is 1. The minimum absolute atomic E-state index is 0.136. The number of benzene rings is 2. The Bertz CT molecular complexity index is 925. The van der Waals surface area contributed by atoms with E-state index in [1.54, 1.807) is 24.3 Å². The number of aromatic nitrogens is 3. The predicted octanol–water partition coefficient (Wildman–Crippen LogP) is 4.37. The first kappa shape index (κ1) is 20.1. The summed E-state index contributed by atoms with van der Waals surface area (Å²) in [6.45, 7) is 4.08. The minimum Gasteiger partial charge on any atom is -0.342 e. The maximum atomic E-state index is 13.0. The van der Waals surface area contributed by atoms with Crippen molar-refractivity contribution >= 4 is 17.7 Å². The first-order chi connectivity index (χ1) is 13.5. The van der Waals surface area contributed by atoms with Crippen LogP contribution in [0.25, 0.3) is 0 Å². The minimum atomic E-state index is -0.259. The molecule has 3 rings (SSSR count). The van der Waals surface area contributed by atoms with Crippen molar-refractivity contribution in [3.05, 3.63) is 77.4 Å². The highest BCUT2D eigenvalue weighted by molar-refractivity contribution is 7.98. The third-order valence-corrected chi connectivity index (χ3v) is 5.51. The fourth-order valence-corrected chi connectivity index (χ4v) is 3.67. The van der Waals surface area contributed by atoms with Crippen LogP contribution in [-0.4, -0.2) is 20.7 Å². The second-order valence-electron chi connectivity index (χ2n) is 6.88. The molecule has 0 radical (unpaired) electrons. The van der Waals surface area contributed by atoms with E-state index in [-0.39, 0.29) is 23.7 Å². The molecule has 1 aromatic heterocycles. The molecule has 5 nitrogen and oxygen atoms in total. The highest BCUT2D eigenvalue weighted by atomic mass is 32.2. The van der Waals surface area contributed by atoms with Crippen molar-refractivity contribution in [2.75, 3.05) is 0 Å². The fraction of sp³-hybridized carbons (Fsp3) is 0.286. The van der Waals surface area contributed by atoms with Crippen molar-refractivity contribution < 1.29 is 9.18 Å². The topological polar surface area (TPSA) is 59.8 Å². The lowest BCUT2D eigenvalue weighted by atomic mass is 10.0. The monoisotopic (exact) mass is 398 g/mol. The Morgan fingerprint density at radius 3 is 2.43 bits per heavy atom. The Kier molecular flexibility index (Phi) is 6.46. The second kappa shape index (κ2) is 9.01. The molecule has 0 aliphatic heterocycles. The van der Waals surface area contributed by atoms with Gasteiger partial charge in [-0.25, -0.2) is 4.39 Å². The second-order valence-corrected chi connectivity index (χ2v) is 7.82. The van der Waals surface area contributed by atoms with Gasteiger partial charge in [0.2, 0.25) is 0 Å². The summed E-state index contributed by atoms with van der Waals surface area (Å²) >= 11 is 1.53. The van der Waals surface area contributed by atoms with E-state index in [0.29, 0.717) is 17.1 Å². The molecule has 0 aliphatic carbocycles. The number of rotatable bonds is 7.